The Labute approximate surface area is 97.1 Å². The number of carbonyl (C=O) groups is 1. The summed E-state index contributed by atoms with van der Waals surface area (Å²) in [5, 5.41) is 2.85. The van der Waals surface area contributed by atoms with Gasteiger partial charge >= 0.3 is 0 Å². The zero-order valence-corrected chi connectivity index (χ0v) is 10.2. The molecule has 0 aliphatic carbocycles. The van der Waals surface area contributed by atoms with Crippen molar-refractivity contribution in [3.05, 3.63) is 0 Å². The van der Waals surface area contributed by atoms with Crippen LogP contribution in [0.1, 0.15) is 20.3 Å². The lowest BCUT2D eigenvalue weighted by molar-refractivity contribution is -0.146. The van der Waals surface area contributed by atoms with Gasteiger partial charge in [0, 0.05) is 45.8 Å². The molecule has 0 bridgehead atoms. The fourth-order valence-corrected chi connectivity index (χ4v) is 1.73. The Morgan fingerprint density at radius 2 is 2.00 bits per heavy atom. The summed E-state index contributed by atoms with van der Waals surface area (Å²) < 4.78 is 11.0. The maximum absolute atomic E-state index is 11.2. The molecule has 0 unspecified atom stereocenters. The van der Waals surface area contributed by atoms with Crippen molar-refractivity contribution >= 4 is 5.91 Å². The quantitative estimate of drug-likeness (QED) is 0.663. The van der Waals surface area contributed by atoms with Crippen molar-refractivity contribution in [1.29, 1.82) is 0 Å². The van der Waals surface area contributed by atoms with Crippen LogP contribution in [0, 0.1) is 0 Å². The van der Waals surface area contributed by atoms with Crippen molar-refractivity contribution < 1.29 is 14.3 Å². The minimum atomic E-state index is -0.178. The molecule has 1 rings (SSSR count). The highest BCUT2D eigenvalue weighted by molar-refractivity contribution is 5.76. The molecule has 0 aromatic rings. The summed E-state index contributed by atoms with van der Waals surface area (Å²) >= 11 is 0. The first kappa shape index (κ1) is 13.4. The van der Waals surface area contributed by atoms with Crippen molar-refractivity contribution in [2.75, 3.05) is 39.4 Å². The first-order valence-electron chi connectivity index (χ1n) is 5.98. The molecule has 1 saturated heterocycles. The van der Waals surface area contributed by atoms with Gasteiger partial charge in [-0.05, 0) is 13.8 Å². The number of nitrogens with one attached hydrogen (secondary N) is 1. The van der Waals surface area contributed by atoms with E-state index in [1.165, 1.54) is 0 Å². The van der Waals surface area contributed by atoms with Crippen LogP contribution in [0.3, 0.4) is 0 Å². The number of hydrogen-bond donors (Lipinski definition) is 1. The molecule has 0 aromatic heterocycles. The van der Waals surface area contributed by atoms with E-state index in [9.17, 15) is 4.79 Å². The molecule has 16 heavy (non-hydrogen) atoms. The number of carbonyl (C=O) groups excluding carboxylic acids is 1. The van der Waals surface area contributed by atoms with Gasteiger partial charge in [-0.1, -0.05) is 0 Å². The van der Waals surface area contributed by atoms with Crippen LogP contribution in [0.5, 0.6) is 0 Å². The number of hydrogen-bond acceptors (Lipinski definition) is 4. The highest BCUT2D eigenvalue weighted by atomic mass is 16.7. The van der Waals surface area contributed by atoms with Gasteiger partial charge in [0.1, 0.15) is 0 Å². The normalized spacial score (nSPS) is 18.6. The molecule has 0 radical (unpaired) electrons. The van der Waals surface area contributed by atoms with Gasteiger partial charge in [0.15, 0.2) is 6.29 Å². The minimum absolute atomic E-state index is 0.131. The molecule has 5 nitrogen and oxygen atoms in total. The van der Waals surface area contributed by atoms with Crippen LogP contribution in [0.2, 0.25) is 0 Å². The van der Waals surface area contributed by atoms with Gasteiger partial charge < -0.3 is 14.8 Å². The predicted molar refractivity (Wildman–Crippen MR) is 61.1 cm³/mol. The molecule has 94 valence electrons. The van der Waals surface area contributed by atoms with Crippen molar-refractivity contribution in [2.45, 2.75) is 26.6 Å². The van der Waals surface area contributed by atoms with Crippen molar-refractivity contribution in [2.24, 2.45) is 0 Å². The molecule has 1 amide bonds. The molecule has 0 atom stereocenters. The van der Waals surface area contributed by atoms with E-state index in [0.29, 0.717) is 26.2 Å². The van der Waals surface area contributed by atoms with E-state index in [2.05, 4.69) is 10.2 Å². The van der Waals surface area contributed by atoms with E-state index in [1.807, 2.05) is 13.8 Å². The van der Waals surface area contributed by atoms with Crippen LogP contribution < -0.4 is 5.32 Å². The number of amides is 1. The van der Waals surface area contributed by atoms with Gasteiger partial charge in [0.25, 0.3) is 0 Å². The molecule has 0 spiro atoms. The van der Waals surface area contributed by atoms with Crippen LogP contribution >= 0.6 is 0 Å². The molecule has 1 heterocycles. The maximum Gasteiger partial charge on any atom is 0.221 e. The van der Waals surface area contributed by atoms with E-state index in [1.54, 1.807) is 0 Å². The largest absolute Gasteiger partial charge is 0.355 e. The molecule has 1 aliphatic heterocycles. The Balaban J connectivity index is 2.34. The Morgan fingerprint density at radius 3 is 2.62 bits per heavy atom. The number of nitrogens with zero attached hydrogens (tertiary/aromatic N) is 1. The zero-order valence-electron chi connectivity index (χ0n) is 10.2. The second-order valence-electron chi connectivity index (χ2n) is 3.74. The third-order valence-corrected chi connectivity index (χ3v) is 2.52. The highest BCUT2D eigenvalue weighted by Crippen LogP contribution is 2.02. The second-order valence-corrected chi connectivity index (χ2v) is 3.74. The van der Waals surface area contributed by atoms with Crippen LogP contribution in [-0.2, 0) is 14.3 Å². The molecule has 1 N–H and O–H groups in total. The fourth-order valence-electron chi connectivity index (χ4n) is 1.73. The highest BCUT2D eigenvalue weighted by Gasteiger charge is 2.17. The Kier molecular flexibility index (Phi) is 6.37. The summed E-state index contributed by atoms with van der Waals surface area (Å²) in [5.41, 5.74) is 0. The monoisotopic (exact) mass is 230 g/mol. The van der Waals surface area contributed by atoms with Crippen LogP contribution in [0.15, 0.2) is 0 Å². The summed E-state index contributed by atoms with van der Waals surface area (Å²) in [4.78, 5) is 13.4. The Hall–Kier alpha value is -0.650. The SMILES string of the molecule is CCOC(CN1CCNC(=O)CC1)OCC. The Morgan fingerprint density at radius 1 is 1.31 bits per heavy atom. The summed E-state index contributed by atoms with van der Waals surface area (Å²) in [5.74, 6) is 0.131. The predicted octanol–water partition coefficient (Wildman–Crippen LogP) is 0.207. The van der Waals surface area contributed by atoms with Gasteiger partial charge in [-0.3, -0.25) is 9.69 Å². The standard InChI is InChI=1S/C11H22N2O3/c1-3-15-11(16-4-2)9-13-7-5-10(14)12-6-8-13/h11H,3-9H2,1-2H3,(H,12,14). The zero-order chi connectivity index (χ0) is 11.8. The lowest BCUT2D eigenvalue weighted by atomic mass is 10.3. The van der Waals surface area contributed by atoms with Gasteiger partial charge in [0.2, 0.25) is 5.91 Å². The molecular formula is C11H22N2O3. The lowest BCUT2D eigenvalue weighted by Gasteiger charge is -2.25. The summed E-state index contributed by atoms with van der Waals surface area (Å²) in [6.45, 7) is 8.30. The summed E-state index contributed by atoms with van der Waals surface area (Å²) in [7, 11) is 0. The van der Waals surface area contributed by atoms with E-state index in [0.717, 1.165) is 19.6 Å². The minimum Gasteiger partial charge on any atom is -0.355 e. The van der Waals surface area contributed by atoms with Gasteiger partial charge in [-0.15, -0.1) is 0 Å². The van der Waals surface area contributed by atoms with Crippen LogP contribution in [0.25, 0.3) is 0 Å². The third-order valence-electron chi connectivity index (χ3n) is 2.52. The molecule has 5 heteroatoms. The molecule has 1 fully saturated rings. The molecule has 0 aromatic carbocycles. The maximum atomic E-state index is 11.2. The van der Waals surface area contributed by atoms with Crippen molar-refractivity contribution in [1.82, 2.24) is 10.2 Å². The fraction of sp³-hybridized carbons (Fsp3) is 0.909. The molecule has 0 saturated carbocycles. The van der Waals surface area contributed by atoms with Gasteiger partial charge in [-0.2, -0.15) is 0 Å². The van der Waals surface area contributed by atoms with E-state index in [-0.39, 0.29) is 12.2 Å². The smallest absolute Gasteiger partial charge is 0.221 e. The van der Waals surface area contributed by atoms with Crippen LogP contribution in [-0.4, -0.2) is 56.5 Å². The first-order valence-corrected chi connectivity index (χ1v) is 5.98. The van der Waals surface area contributed by atoms with E-state index < -0.39 is 0 Å². The Bertz CT molecular complexity index is 205. The lowest BCUT2D eigenvalue weighted by Crippen LogP contribution is -2.37. The third kappa shape index (κ3) is 4.92. The van der Waals surface area contributed by atoms with Gasteiger partial charge in [0.05, 0.1) is 0 Å². The molecule has 1 aliphatic rings. The number of ether oxygens (including phenoxy) is 2. The van der Waals surface area contributed by atoms with Crippen molar-refractivity contribution in [3.63, 3.8) is 0 Å². The number of rotatable bonds is 6. The molecular weight excluding hydrogens is 208 g/mol. The average molecular weight is 230 g/mol. The van der Waals surface area contributed by atoms with Crippen LogP contribution in [0.4, 0.5) is 0 Å². The van der Waals surface area contributed by atoms with E-state index >= 15 is 0 Å². The topological polar surface area (TPSA) is 50.8 Å². The van der Waals surface area contributed by atoms with Crippen molar-refractivity contribution in [3.8, 4) is 0 Å². The average Bonchev–Trinajstić information content (AvgIpc) is 2.45. The second kappa shape index (κ2) is 7.60. The van der Waals surface area contributed by atoms with E-state index in [4.69, 9.17) is 9.47 Å². The van der Waals surface area contributed by atoms with Gasteiger partial charge in [-0.25, -0.2) is 0 Å². The summed E-state index contributed by atoms with van der Waals surface area (Å²) in [6, 6.07) is 0. The summed E-state index contributed by atoms with van der Waals surface area (Å²) in [6.07, 6.45) is 0.383. The first-order chi connectivity index (χ1) is 7.76.